The van der Waals surface area contributed by atoms with Crippen molar-refractivity contribution in [2.24, 2.45) is 0 Å². The van der Waals surface area contributed by atoms with Crippen LogP contribution in [0.25, 0.3) is 0 Å². The van der Waals surface area contributed by atoms with Crippen LogP contribution in [0.3, 0.4) is 0 Å². The van der Waals surface area contributed by atoms with Gasteiger partial charge >= 0.3 is 0 Å². The van der Waals surface area contributed by atoms with Gasteiger partial charge in [0.15, 0.2) is 5.16 Å². The van der Waals surface area contributed by atoms with E-state index in [0.717, 1.165) is 29.2 Å². The first-order valence-electron chi connectivity index (χ1n) is 6.72. The molecule has 0 radical (unpaired) electrons. The minimum absolute atomic E-state index is 0.126. The van der Waals surface area contributed by atoms with Crippen molar-refractivity contribution < 1.29 is 4.39 Å². The van der Waals surface area contributed by atoms with Crippen molar-refractivity contribution in [1.82, 2.24) is 9.97 Å². The Kier molecular flexibility index (Phi) is 6.32. The van der Waals surface area contributed by atoms with E-state index in [0.29, 0.717) is 10.9 Å². The standard InChI is InChI=1S/C15H17FN2OS2/c1-2-7-20-10-13-8-14(19)18-15(17-13)21-9-11-3-5-12(16)6-4-11/h3-6,8H,2,7,9-10H2,1H3,(H,17,18,19). The molecule has 0 amide bonds. The van der Waals surface area contributed by atoms with Crippen LogP contribution in [0.15, 0.2) is 40.3 Å². The summed E-state index contributed by atoms with van der Waals surface area (Å²) < 4.78 is 12.8. The van der Waals surface area contributed by atoms with Gasteiger partial charge in [-0.05, 0) is 29.9 Å². The van der Waals surface area contributed by atoms with E-state index in [-0.39, 0.29) is 11.4 Å². The van der Waals surface area contributed by atoms with Gasteiger partial charge in [0.05, 0.1) is 5.69 Å². The second-order valence-corrected chi connectivity index (χ2v) is 6.58. The zero-order valence-corrected chi connectivity index (χ0v) is 13.4. The van der Waals surface area contributed by atoms with Crippen LogP contribution in [0.5, 0.6) is 0 Å². The fourth-order valence-electron chi connectivity index (χ4n) is 1.68. The Balaban J connectivity index is 1.99. The minimum Gasteiger partial charge on any atom is -0.301 e. The van der Waals surface area contributed by atoms with Crippen LogP contribution in [0, 0.1) is 5.82 Å². The smallest absolute Gasteiger partial charge is 0.251 e. The molecule has 0 unspecified atom stereocenters. The molecule has 0 bridgehead atoms. The summed E-state index contributed by atoms with van der Waals surface area (Å²) in [5, 5.41) is 0.610. The van der Waals surface area contributed by atoms with Gasteiger partial charge in [0.25, 0.3) is 5.56 Å². The van der Waals surface area contributed by atoms with Gasteiger partial charge in [-0.15, -0.1) is 0 Å². The first-order valence-corrected chi connectivity index (χ1v) is 8.86. The summed E-state index contributed by atoms with van der Waals surface area (Å²) in [5.41, 5.74) is 1.67. The Morgan fingerprint density at radius 2 is 2.00 bits per heavy atom. The second kappa shape index (κ2) is 8.24. The molecule has 0 atom stereocenters. The van der Waals surface area contributed by atoms with Gasteiger partial charge in [-0.2, -0.15) is 11.8 Å². The van der Waals surface area contributed by atoms with Crippen molar-refractivity contribution in [3.63, 3.8) is 0 Å². The average Bonchev–Trinajstić information content (AvgIpc) is 2.46. The topological polar surface area (TPSA) is 45.8 Å². The van der Waals surface area contributed by atoms with Gasteiger partial charge in [-0.1, -0.05) is 30.8 Å². The molecule has 0 aliphatic heterocycles. The van der Waals surface area contributed by atoms with Crippen LogP contribution in [0.1, 0.15) is 24.6 Å². The molecule has 1 aromatic heterocycles. The highest BCUT2D eigenvalue weighted by atomic mass is 32.2. The molecule has 1 heterocycles. The number of hydrogen-bond donors (Lipinski definition) is 1. The van der Waals surface area contributed by atoms with Crippen molar-refractivity contribution >= 4 is 23.5 Å². The van der Waals surface area contributed by atoms with Crippen molar-refractivity contribution in [1.29, 1.82) is 0 Å². The van der Waals surface area contributed by atoms with Crippen molar-refractivity contribution in [3.05, 3.63) is 57.8 Å². The molecule has 2 rings (SSSR count). The molecule has 0 saturated heterocycles. The van der Waals surface area contributed by atoms with E-state index in [1.165, 1.54) is 23.9 Å². The van der Waals surface area contributed by atoms with Gasteiger partial charge < -0.3 is 4.98 Å². The highest BCUT2D eigenvalue weighted by molar-refractivity contribution is 7.98. The zero-order valence-electron chi connectivity index (χ0n) is 11.8. The predicted molar refractivity (Wildman–Crippen MR) is 87.3 cm³/mol. The molecule has 1 aromatic carbocycles. The van der Waals surface area contributed by atoms with Crippen LogP contribution in [0.2, 0.25) is 0 Å². The normalized spacial score (nSPS) is 10.8. The quantitative estimate of drug-likeness (QED) is 0.477. The van der Waals surface area contributed by atoms with Gasteiger partial charge in [0, 0.05) is 17.6 Å². The summed E-state index contributed by atoms with van der Waals surface area (Å²) in [6, 6.07) is 7.89. The van der Waals surface area contributed by atoms with Crippen molar-refractivity contribution in [2.75, 3.05) is 5.75 Å². The summed E-state index contributed by atoms with van der Waals surface area (Å²) in [7, 11) is 0. The predicted octanol–water partition coefficient (Wildman–Crippen LogP) is 3.84. The third-order valence-electron chi connectivity index (χ3n) is 2.66. The Hall–Kier alpha value is -1.27. The Bertz CT molecular complexity index is 628. The monoisotopic (exact) mass is 324 g/mol. The van der Waals surface area contributed by atoms with E-state index in [2.05, 4.69) is 16.9 Å². The van der Waals surface area contributed by atoms with Crippen molar-refractivity contribution in [3.8, 4) is 0 Å². The van der Waals surface area contributed by atoms with Gasteiger partial charge in [0.1, 0.15) is 5.82 Å². The Morgan fingerprint density at radius 3 is 2.71 bits per heavy atom. The molecule has 3 nitrogen and oxygen atoms in total. The number of nitrogens with zero attached hydrogens (tertiary/aromatic N) is 1. The van der Waals surface area contributed by atoms with E-state index >= 15 is 0 Å². The number of benzene rings is 1. The van der Waals surface area contributed by atoms with Crippen LogP contribution in [0.4, 0.5) is 4.39 Å². The van der Waals surface area contributed by atoms with E-state index in [1.54, 1.807) is 30.0 Å². The molecular weight excluding hydrogens is 307 g/mol. The van der Waals surface area contributed by atoms with Gasteiger partial charge in [0.2, 0.25) is 0 Å². The van der Waals surface area contributed by atoms with E-state index in [4.69, 9.17) is 0 Å². The lowest BCUT2D eigenvalue weighted by Gasteiger charge is -2.04. The lowest BCUT2D eigenvalue weighted by Crippen LogP contribution is -2.09. The summed E-state index contributed by atoms with van der Waals surface area (Å²) in [4.78, 5) is 18.8. The van der Waals surface area contributed by atoms with Crippen LogP contribution in [-0.2, 0) is 11.5 Å². The summed E-state index contributed by atoms with van der Waals surface area (Å²) in [5.74, 6) is 2.22. The maximum Gasteiger partial charge on any atom is 0.251 e. The molecule has 0 spiro atoms. The number of nitrogens with one attached hydrogen (secondary N) is 1. The van der Waals surface area contributed by atoms with Crippen LogP contribution in [-0.4, -0.2) is 15.7 Å². The molecule has 0 saturated carbocycles. The van der Waals surface area contributed by atoms with E-state index in [1.807, 2.05) is 0 Å². The third-order valence-corrected chi connectivity index (χ3v) is 4.80. The fraction of sp³-hybridized carbons (Fsp3) is 0.333. The first kappa shape index (κ1) is 16.1. The highest BCUT2D eigenvalue weighted by Crippen LogP contribution is 2.19. The molecular formula is C15H17FN2OS2. The number of halogens is 1. The van der Waals surface area contributed by atoms with Crippen LogP contribution < -0.4 is 5.56 Å². The highest BCUT2D eigenvalue weighted by Gasteiger charge is 2.03. The van der Waals surface area contributed by atoms with Gasteiger partial charge in [-0.3, -0.25) is 4.79 Å². The number of H-pyrrole nitrogens is 1. The lowest BCUT2D eigenvalue weighted by atomic mass is 10.2. The summed E-state index contributed by atoms with van der Waals surface area (Å²) in [6.45, 7) is 2.13. The van der Waals surface area contributed by atoms with E-state index < -0.39 is 0 Å². The molecule has 6 heteroatoms. The summed E-state index contributed by atoms with van der Waals surface area (Å²) in [6.07, 6.45) is 1.11. The van der Waals surface area contributed by atoms with E-state index in [9.17, 15) is 9.18 Å². The molecule has 0 fully saturated rings. The summed E-state index contributed by atoms with van der Waals surface area (Å²) >= 11 is 3.22. The molecule has 1 N–H and O–H groups in total. The lowest BCUT2D eigenvalue weighted by molar-refractivity contribution is 0.627. The minimum atomic E-state index is -0.245. The number of hydrogen-bond acceptors (Lipinski definition) is 4. The fourth-order valence-corrected chi connectivity index (χ4v) is 3.32. The zero-order chi connectivity index (χ0) is 15.1. The van der Waals surface area contributed by atoms with Gasteiger partial charge in [-0.25, -0.2) is 9.37 Å². The Morgan fingerprint density at radius 1 is 1.24 bits per heavy atom. The maximum absolute atomic E-state index is 12.8. The number of rotatable bonds is 7. The third kappa shape index (κ3) is 5.55. The number of aromatic nitrogens is 2. The maximum atomic E-state index is 12.8. The average molecular weight is 324 g/mol. The number of thioether (sulfide) groups is 2. The SMILES string of the molecule is CCCSCc1cc(=O)[nH]c(SCc2ccc(F)cc2)n1. The molecule has 21 heavy (non-hydrogen) atoms. The second-order valence-electron chi connectivity index (χ2n) is 4.51. The van der Waals surface area contributed by atoms with Crippen molar-refractivity contribution in [2.45, 2.75) is 30.0 Å². The largest absolute Gasteiger partial charge is 0.301 e. The molecule has 2 aromatic rings. The molecule has 0 aliphatic rings. The Labute approximate surface area is 131 Å². The molecule has 0 aliphatic carbocycles. The molecule has 112 valence electrons. The first-order chi connectivity index (χ1) is 10.2. The number of aromatic amines is 1. The van der Waals surface area contributed by atoms with Crippen LogP contribution >= 0.6 is 23.5 Å².